The number of hydrogen-bond acceptors (Lipinski definition) is 4. The van der Waals surface area contributed by atoms with Gasteiger partial charge in [-0.3, -0.25) is 4.79 Å². The summed E-state index contributed by atoms with van der Waals surface area (Å²) in [5.41, 5.74) is 1.88. The van der Waals surface area contributed by atoms with E-state index in [0.717, 1.165) is 12.1 Å². The number of halogens is 3. The summed E-state index contributed by atoms with van der Waals surface area (Å²) in [6.45, 7) is 1.07. The first-order valence-electron chi connectivity index (χ1n) is 6.91. The quantitative estimate of drug-likeness (QED) is 0.840. The van der Waals surface area contributed by atoms with E-state index in [1.165, 1.54) is 23.5 Å². The molecule has 1 amide bonds. The van der Waals surface area contributed by atoms with E-state index in [0.29, 0.717) is 31.0 Å². The third kappa shape index (κ3) is 3.53. The molecule has 0 saturated carbocycles. The van der Waals surface area contributed by atoms with Crippen molar-refractivity contribution in [3.63, 3.8) is 0 Å². The summed E-state index contributed by atoms with van der Waals surface area (Å²) in [5, 5.41) is 1.67. The number of morpholine rings is 1. The first kappa shape index (κ1) is 15.9. The Balaban J connectivity index is 1.72. The van der Waals surface area contributed by atoms with Crippen LogP contribution in [-0.4, -0.2) is 35.5 Å². The van der Waals surface area contributed by atoms with Crippen LogP contribution in [0.15, 0.2) is 35.2 Å². The minimum Gasteiger partial charge on any atom is -0.370 e. The van der Waals surface area contributed by atoms with Crippen LogP contribution in [0.4, 0.5) is 13.2 Å². The van der Waals surface area contributed by atoms with Crippen molar-refractivity contribution in [2.24, 2.45) is 0 Å². The van der Waals surface area contributed by atoms with Crippen LogP contribution in [0.25, 0.3) is 0 Å². The number of hydrogen-bond donors (Lipinski definition) is 0. The van der Waals surface area contributed by atoms with Crippen LogP contribution in [0.2, 0.25) is 0 Å². The van der Waals surface area contributed by atoms with Crippen LogP contribution in [0.1, 0.15) is 27.7 Å². The molecule has 1 aliphatic rings. The Morgan fingerprint density at radius 1 is 1.30 bits per heavy atom. The number of carbonyl (C=O) groups is 1. The van der Waals surface area contributed by atoms with Crippen molar-refractivity contribution in [3.05, 3.63) is 52.0 Å². The average molecular weight is 342 g/mol. The molecule has 1 unspecified atom stereocenters. The molecule has 2 aromatic rings. The van der Waals surface area contributed by atoms with E-state index in [1.54, 1.807) is 15.8 Å². The van der Waals surface area contributed by atoms with Gasteiger partial charge in [0.1, 0.15) is 11.8 Å². The fourth-order valence-corrected chi connectivity index (χ4v) is 2.93. The Morgan fingerprint density at radius 3 is 2.65 bits per heavy atom. The fourth-order valence-electron chi connectivity index (χ4n) is 2.40. The summed E-state index contributed by atoms with van der Waals surface area (Å²) >= 11 is 1.34. The number of aromatic nitrogens is 1. The number of ether oxygens (including phenoxy) is 1. The fraction of sp³-hybridized carbons (Fsp3) is 0.333. The van der Waals surface area contributed by atoms with Crippen molar-refractivity contribution in [1.29, 1.82) is 0 Å². The maximum Gasteiger partial charge on any atom is 0.416 e. The largest absolute Gasteiger partial charge is 0.416 e. The van der Waals surface area contributed by atoms with Crippen molar-refractivity contribution in [1.82, 2.24) is 9.88 Å². The van der Waals surface area contributed by atoms with E-state index in [2.05, 4.69) is 4.98 Å². The molecule has 3 rings (SSSR count). The lowest BCUT2D eigenvalue weighted by atomic mass is 10.0. The van der Waals surface area contributed by atoms with E-state index < -0.39 is 17.8 Å². The number of thiazole rings is 1. The van der Waals surface area contributed by atoms with Gasteiger partial charge in [0.2, 0.25) is 0 Å². The standard InChI is InChI=1S/C15H13F3N2O2S/c16-15(17,18)11-3-1-10(2-4-11)13-7-20(5-6-22-13)14(21)12-8-23-9-19-12/h1-4,8-9,13H,5-7H2. The van der Waals surface area contributed by atoms with Crippen LogP contribution in [0.5, 0.6) is 0 Å². The summed E-state index contributed by atoms with van der Waals surface area (Å²) in [7, 11) is 0. The number of alkyl halides is 3. The van der Waals surface area contributed by atoms with Crippen molar-refractivity contribution >= 4 is 17.2 Å². The van der Waals surface area contributed by atoms with E-state index in [9.17, 15) is 18.0 Å². The van der Waals surface area contributed by atoms with E-state index in [-0.39, 0.29) is 5.91 Å². The molecule has 0 spiro atoms. The molecule has 0 bridgehead atoms. The molecule has 2 heterocycles. The third-order valence-electron chi connectivity index (χ3n) is 3.61. The van der Waals surface area contributed by atoms with Crippen molar-refractivity contribution in [3.8, 4) is 0 Å². The van der Waals surface area contributed by atoms with Gasteiger partial charge in [-0.15, -0.1) is 11.3 Å². The van der Waals surface area contributed by atoms with Crippen LogP contribution in [0, 0.1) is 0 Å². The predicted molar refractivity (Wildman–Crippen MR) is 78.2 cm³/mol. The van der Waals surface area contributed by atoms with Gasteiger partial charge in [0.05, 0.1) is 24.2 Å². The lowest BCUT2D eigenvalue weighted by Gasteiger charge is -2.33. The van der Waals surface area contributed by atoms with Gasteiger partial charge in [-0.1, -0.05) is 12.1 Å². The lowest BCUT2D eigenvalue weighted by molar-refractivity contribution is -0.137. The summed E-state index contributed by atoms with van der Waals surface area (Å²) in [4.78, 5) is 17.9. The monoisotopic (exact) mass is 342 g/mol. The molecule has 0 aliphatic carbocycles. The normalized spacial score (nSPS) is 18.9. The Morgan fingerprint density at radius 2 is 2.04 bits per heavy atom. The molecule has 122 valence electrons. The Hall–Kier alpha value is -1.93. The zero-order chi connectivity index (χ0) is 16.4. The number of nitrogens with zero attached hydrogens (tertiary/aromatic N) is 2. The van der Waals surface area contributed by atoms with Gasteiger partial charge in [-0.2, -0.15) is 13.2 Å². The lowest BCUT2D eigenvalue weighted by Crippen LogP contribution is -2.42. The highest BCUT2D eigenvalue weighted by Crippen LogP contribution is 2.31. The molecule has 23 heavy (non-hydrogen) atoms. The van der Waals surface area contributed by atoms with Crippen molar-refractivity contribution < 1.29 is 22.7 Å². The van der Waals surface area contributed by atoms with E-state index in [1.807, 2.05) is 0 Å². The topological polar surface area (TPSA) is 42.4 Å². The minimum absolute atomic E-state index is 0.188. The van der Waals surface area contributed by atoms with Gasteiger partial charge in [0.15, 0.2) is 0 Å². The van der Waals surface area contributed by atoms with E-state index in [4.69, 9.17) is 4.74 Å². The smallest absolute Gasteiger partial charge is 0.370 e. The SMILES string of the molecule is O=C(c1cscn1)N1CCOC(c2ccc(C(F)(F)F)cc2)C1. The number of benzene rings is 1. The van der Waals surface area contributed by atoms with Crippen LogP contribution in [-0.2, 0) is 10.9 Å². The third-order valence-corrected chi connectivity index (χ3v) is 4.20. The predicted octanol–water partition coefficient (Wildman–Crippen LogP) is 3.38. The van der Waals surface area contributed by atoms with Gasteiger partial charge in [0, 0.05) is 11.9 Å². The molecule has 4 nitrogen and oxygen atoms in total. The molecule has 1 aromatic heterocycles. The molecule has 0 radical (unpaired) electrons. The average Bonchev–Trinajstić information content (AvgIpc) is 3.08. The summed E-state index contributed by atoms with van der Waals surface area (Å²) in [6, 6.07) is 4.84. The Bertz CT molecular complexity index is 671. The molecule has 1 fully saturated rings. The molecule has 8 heteroatoms. The van der Waals surface area contributed by atoms with Gasteiger partial charge in [-0.25, -0.2) is 4.98 Å². The summed E-state index contributed by atoms with van der Waals surface area (Å²) < 4.78 is 43.4. The van der Waals surface area contributed by atoms with Crippen LogP contribution < -0.4 is 0 Å². The van der Waals surface area contributed by atoms with Crippen LogP contribution in [0.3, 0.4) is 0 Å². The molecule has 1 aromatic carbocycles. The van der Waals surface area contributed by atoms with Gasteiger partial charge in [0.25, 0.3) is 5.91 Å². The molecule has 1 atom stereocenters. The Labute approximate surface area is 134 Å². The van der Waals surface area contributed by atoms with Gasteiger partial charge < -0.3 is 9.64 Å². The minimum atomic E-state index is -4.36. The molecule has 0 N–H and O–H groups in total. The molecular weight excluding hydrogens is 329 g/mol. The highest BCUT2D eigenvalue weighted by molar-refractivity contribution is 7.07. The highest BCUT2D eigenvalue weighted by atomic mass is 32.1. The first-order chi connectivity index (χ1) is 10.9. The molecule has 1 saturated heterocycles. The zero-order valence-electron chi connectivity index (χ0n) is 11.9. The van der Waals surface area contributed by atoms with E-state index >= 15 is 0 Å². The molecular formula is C15H13F3N2O2S. The van der Waals surface area contributed by atoms with Crippen molar-refractivity contribution in [2.75, 3.05) is 19.7 Å². The van der Waals surface area contributed by atoms with Crippen molar-refractivity contribution in [2.45, 2.75) is 12.3 Å². The second-order valence-electron chi connectivity index (χ2n) is 5.10. The maximum absolute atomic E-state index is 12.6. The highest BCUT2D eigenvalue weighted by Gasteiger charge is 2.31. The number of amides is 1. The maximum atomic E-state index is 12.6. The second kappa shape index (κ2) is 6.29. The van der Waals surface area contributed by atoms with Gasteiger partial charge in [-0.05, 0) is 17.7 Å². The molecule has 1 aliphatic heterocycles. The summed E-state index contributed by atoms with van der Waals surface area (Å²) in [5.74, 6) is -0.188. The second-order valence-corrected chi connectivity index (χ2v) is 5.82. The Kier molecular flexibility index (Phi) is 4.36. The summed E-state index contributed by atoms with van der Waals surface area (Å²) in [6.07, 6.45) is -4.80. The zero-order valence-corrected chi connectivity index (χ0v) is 12.7. The van der Waals surface area contributed by atoms with Gasteiger partial charge >= 0.3 is 6.18 Å². The van der Waals surface area contributed by atoms with Crippen LogP contribution >= 0.6 is 11.3 Å². The number of carbonyl (C=O) groups excluding carboxylic acids is 1. The first-order valence-corrected chi connectivity index (χ1v) is 7.85. The number of rotatable bonds is 2.